The number of benzene rings is 3. The summed E-state index contributed by atoms with van der Waals surface area (Å²) in [7, 11) is 1.30. The van der Waals surface area contributed by atoms with Crippen molar-refractivity contribution in [3.63, 3.8) is 0 Å². The number of rotatable bonds is 7. The molecular weight excluding hydrogens is 472 g/mol. The Morgan fingerprint density at radius 1 is 1.03 bits per heavy atom. The molecule has 4 aromatic rings. The van der Waals surface area contributed by atoms with E-state index in [0.717, 1.165) is 17.2 Å². The quantitative estimate of drug-likeness (QED) is 0.139. The summed E-state index contributed by atoms with van der Waals surface area (Å²) in [5.74, 6) is -1.27. The zero-order chi connectivity index (χ0) is 25.1. The molecule has 0 radical (unpaired) electrons. The average molecular weight is 491 g/mol. The third-order valence-corrected chi connectivity index (χ3v) is 5.61. The SMILES string of the molecule is COc1ccc(C(=O)COC(=O)c2cc(-c3ccc(Cl)cc3)nc3ccc(C)cc23)cc1[N+](=O)[O-]. The molecule has 3 aromatic carbocycles. The molecule has 1 heterocycles. The molecular formula is C26H19ClN2O6. The highest BCUT2D eigenvalue weighted by Crippen LogP contribution is 2.29. The van der Waals surface area contributed by atoms with Crippen molar-refractivity contribution in [2.24, 2.45) is 0 Å². The normalized spacial score (nSPS) is 10.7. The maximum atomic E-state index is 13.1. The monoisotopic (exact) mass is 490 g/mol. The molecule has 0 fully saturated rings. The Labute approximate surface area is 205 Å². The number of Topliss-reactive ketones (excluding diaryl/α,β-unsaturated/α-hetero) is 1. The van der Waals surface area contributed by atoms with Gasteiger partial charge in [-0.25, -0.2) is 9.78 Å². The van der Waals surface area contributed by atoms with Crippen molar-refractivity contribution in [3.05, 3.63) is 98.6 Å². The molecule has 8 nitrogen and oxygen atoms in total. The summed E-state index contributed by atoms with van der Waals surface area (Å²) in [6.45, 7) is 1.30. The Balaban J connectivity index is 1.63. The first-order valence-corrected chi connectivity index (χ1v) is 10.8. The van der Waals surface area contributed by atoms with Gasteiger partial charge < -0.3 is 9.47 Å². The molecule has 0 amide bonds. The zero-order valence-corrected chi connectivity index (χ0v) is 19.5. The summed E-state index contributed by atoms with van der Waals surface area (Å²) in [5, 5.41) is 12.4. The molecule has 0 bridgehead atoms. The van der Waals surface area contributed by atoms with Gasteiger partial charge in [-0.2, -0.15) is 0 Å². The standard InChI is InChI=1S/C26H19ClN2O6/c1-15-3-9-21-19(11-15)20(13-22(28-21)16-4-7-18(27)8-5-16)26(31)35-14-24(30)17-6-10-25(34-2)23(12-17)29(32)33/h3-13H,14H2,1-2H3. The number of carbonyl (C=O) groups is 2. The van der Waals surface area contributed by atoms with Gasteiger partial charge in [0.25, 0.3) is 0 Å². The van der Waals surface area contributed by atoms with Crippen LogP contribution in [0.4, 0.5) is 5.69 Å². The van der Waals surface area contributed by atoms with Crippen molar-refractivity contribution in [3.8, 4) is 17.0 Å². The summed E-state index contributed by atoms with van der Waals surface area (Å²) in [5.41, 5.74) is 2.74. The van der Waals surface area contributed by atoms with Crippen LogP contribution in [0, 0.1) is 17.0 Å². The van der Waals surface area contributed by atoms with Crippen molar-refractivity contribution in [1.29, 1.82) is 0 Å². The molecule has 0 aliphatic rings. The first kappa shape index (κ1) is 23.8. The van der Waals surface area contributed by atoms with E-state index in [0.29, 0.717) is 21.6 Å². The number of methoxy groups -OCH3 is 1. The molecule has 4 rings (SSSR count). The van der Waals surface area contributed by atoms with Crippen LogP contribution in [0.5, 0.6) is 5.75 Å². The molecule has 0 aliphatic carbocycles. The topological polar surface area (TPSA) is 109 Å². The minimum atomic E-state index is -0.713. The van der Waals surface area contributed by atoms with Crippen LogP contribution in [0.25, 0.3) is 22.2 Å². The third kappa shape index (κ3) is 5.12. The predicted octanol–water partition coefficient (Wildman–Crippen LogP) is 5.82. The van der Waals surface area contributed by atoms with Gasteiger partial charge >= 0.3 is 11.7 Å². The van der Waals surface area contributed by atoms with E-state index in [1.54, 1.807) is 30.3 Å². The largest absolute Gasteiger partial charge is 0.490 e. The van der Waals surface area contributed by atoms with E-state index < -0.39 is 23.3 Å². The summed E-state index contributed by atoms with van der Waals surface area (Å²) < 4.78 is 10.3. The van der Waals surface area contributed by atoms with Crippen LogP contribution in [0.15, 0.2) is 66.7 Å². The molecule has 0 unspecified atom stereocenters. The summed E-state index contributed by atoms with van der Waals surface area (Å²) in [4.78, 5) is 40.9. The van der Waals surface area contributed by atoms with Crippen molar-refractivity contribution in [1.82, 2.24) is 4.98 Å². The van der Waals surface area contributed by atoms with Crippen LogP contribution >= 0.6 is 11.6 Å². The van der Waals surface area contributed by atoms with Gasteiger partial charge in [-0.05, 0) is 49.4 Å². The molecule has 0 aliphatic heterocycles. The van der Waals surface area contributed by atoms with Crippen LogP contribution in [-0.2, 0) is 4.74 Å². The molecule has 9 heteroatoms. The Kier molecular flexibility index (Phi) is 6.75. The van der Waals surface area contributed by atoms with Crippen LogP contribution < -0.4 is 4.74 Å². The molecule has 1 aromatic heterocycles. The first-order chi connectivity index (χ1) is 16.8. The van der Waals surface area contributed by atoms with Crippen LogP contribution in [-0.4, -0.2) is 35.4 Å². The van der Waals surface area contributed by atoms with E-state index >= 15 is 0 Å². The van der Waals surface area contributed by atoms with Gasteiger partial charge in [-0.3, -0.25) is 14.9 Å². The fourth-order valence-electron chi connectivity index (χ4n) is 3.58. The minimum Gasteiger partial charge on any atom is -0.490 e. The highest BCUT2D eigenvalue weighted by molar-refractivity contribution is 6.30. The van der Waals surface area contributed by atoms with Gasteiger partial charge in [0, 0.05) is 27.6 Å². The maximum Gasteiger partial charge on any atom is 0.339 e. The Morgan fingerprint density at radius 2 is 1.77 bits per heavy atom. The van der Waals surface area contributed by atoms with Crippen molar-refractivity contribution in [2.45, 2.75) is 6.92 Å². The van der Waals surface area contributed by atoms with Gasteiger partial charge in [0.1, 0.15) is 0 Å². The number of pyridine rings is 1. The fraction of sp³-hybridized carbons (Fsp3) is 0.115. The van der Waals surface area contributed by atoms with Crippen molar-refractivity contribution < 1.29 is 24.0 Å². The number of hydrogen-bond acceptors (Lipinski definition) is 7. The Hall–Kier alpha value is -4.30. The molecule has 0 N–H and O–H groups in total. The summed E-state index contributed by atoms with van der Waals surface area (Å²) in [6.07, 6.45) is 0. The molecule has 176 valence electrons. The molecule has 35 heavy (non-hydrogen) atoms. The second kappa shape index (κ2) is 9.90. The van der Waals surface area contributed by atoms with Crippen LogP contribution in [0.1, 0.15) is 26.3 Å². The number of hydrogen-bond donors (Lipinski definition) is 0. The smallest absolute Gasteiger partial charge is 0.339 e. The summed E-state index contributed by atoms with van der Waals surface area (Å²) in [6, 6.07) is 18.0. The number of ether oxygens (including phenoxy) is 2. The van der Waals surface area contributed by atoms with E-state index in [1.807, 2.05) is 25.1 Å². The van der Waals surface area contributed by atoms with E-state index in [-0.39, 0.29) is 22.6 Å². The number of carbonyl (C=O) groups excluding carboxylic acids is 2. The van der Waals surface area contributed by atoms with Gasteiger partial charge in [-0.1, -0.05) is 35.4 Å². The third-order valence-electron chi connectivity index (χ3n) is 5.36. The highest BCUT2D eigenvalue weighted by Gasteiger charge is 2.21. The lowest BCUT2D eigenvalue weighted by molar-refractivity contribution is -0.385. The first-order valence-electron chi connectivity index (χ1n) is 10.5. The second-order valence-electron chi connectivity index (χ2n) is 7.73. The molecule has 0 saturated carbocycles. The van der Waals surface area contributed by atoms with Gasteiger partial charge in [-0.15, -0.1) is 0 Å². The number of fused-ring (bicyclic) bond motifs is 1. The number of esters is 1. The summed E-state index contributed by atoms with van der Waals surface area (Å²) >= 11 is 5.99. The van der Waals surface area contributed by atoms with Crippen LogP contribution in [0.3, 0.4) is 0 Å². The van der Waals surface area contributed by atoms with Gasteiger partial charge in [0.15, 0.2) is 12.4 Å². The minimum absolute atomic E-state index is 0.0249. The number of aryl methyl sites for hydroxylation is 1. The van der Waals surface area contributed by atoms with E-state index in [1.165, 1.54) is 19.2 Å². The predicted molar refractivity (Wildman–Crippen MR) is 131 cm³/mol. The maximum absolute atomic E-state index is 13.1. The Bertz CT molecular complexity index is 1470. The Morgan fingerprint density at radius 3 is 2.46 bits per heavy atom. The zero-order valence-electron chi connectivity index (χ0n) is 18.8. The van der Waals surface area contributed by atoms with E-state index in [4.69, 9.17) is 21.1 Å². The lowest BCUT2D eigenvalue weighted by Crippen LogP contribution is -2.15. The number of nitrogens with zero attached hydrogens (tertiary/aromatic N) is 2. The van der Waals surface area contributed by atoms with Gasteiger partial charge in [0.2, 0.25) is 5.78 Å². The average Bonchev–Trinajstić information content (AvgIpc) is 2.86. The van der Waals surface area contributed by atoms with E-state index in [2.05, 4.69) is 4.98 Å². The highest BCUT2D eigenvalue weighted by atomic mass is 35.5. The number of ketones is 1. The van der Waals surface area contributed by atoms with Crippen LogP contribution in [0.2, 0.25) is 5.02 Å². The number of nitro groups is 1. The molecule has 0 saturated heterocycles. The lowest BCUT2D eigenvalue weighted by atomic mass is 10.0. The second-order valence-corrected chi connectivity index (χ2v) is 8.16. The number of halogens is 1. The van der Waals surface area contributed by atoms with E-state index in [9.17, 15) is 19.7 Å². The van der Waals surface area contributed by atoms with Gasteiger partial charge in [0.05, 0.1) is 28.8 Å². The van der Waals surface area contributed by atoms with Crippen molar-refractivity contribution >= 4 is 39.9 Å². The lowest BCUT2D eigenvalue weighted by Gasteiger charge is -2.11. The number of nitro benzene ring substituents is 1. The molecule has 0 spiro atoms. The fourth-order valence-corrected chi connectivity index (χ4v) is 3.70. The molecule has 0 atom stereocenters. The number of aromatic nitrogens is 1. The van der Waals surface area contributed by atoms with Crippen molar-refractivity contribution in [2.75, 3.05) is 13.7 Å².